The van der Waals surface area contributed by atoms with E-state index in [1.165, 1.54) is 6.42 Å². The Morgan fingerprint density at radius 2 is 2.62 bits per heavy atom. The number of hydrogen-bond donors (Lipinski definition) is 1. The van der Waals surface area contributed by atoms with Gasteiger partial charge in [-0.05, 0) is 30.8 Å². The Bertz CT molecular complexity index is 403. The van der Waals surface area contributed by atoms with Crippen molar-refractivity contribution in [3.8, 4) is 0 Å². The number of carbonyl (C=O) groups excluding carboxylic acids is 1. The molecule has 3 rings (SSSR count). The molecule has 0 aromatic carbocycles. The van der Waals surface area contributed by atoms with Crippen molar-refractivity contribution in [1.82, 2.24) is 10.2 Å². The minimum Gasteiger partial charge on any atom is -0.349 e. The van der Waals surface area contributed by atoms with Gasteiger partial charge < -0.3 is 10.2 Å². The van der Waals surface area contributed by atoms with E-state index in [0.717, 1.165) is 18.0 Å². The van der Waals surface area contributed by atoms with E-state index in [4.69, 9.17) is 0 Å². The average Bonchev–Trinajstić information content (AvgIpc) is 2.64. The number of fused-ring (bicyclic) bond motifs is 1. The number of amides is 1. The van der Waals surface area contributed by atoms with Gasteiger partial charge in [-0.1, -0.05) is 6.07 Å². The SMILES string of the molecule is CN1C[C@@H]2C[C@]2(NC(=O)Cc2cccs2)C1. The van der Waals surface area contributed by atoms with E-state index in [9.17, 15) is 4.79 Å². The van der Waals surface area contributed by atoms with Crippen LogP contribution < -0.4 is 5.32 Å². The topological polar surface area (TPSA) is 32.3 Å². The second-order valence-corrected chi connectivity index (χ2v) is 6.09. The smallest absolute Gasteiger partial charge is 0.225 e. The Morgan fingerprint density at radius 3 is 3.25 bits per heavy atom. The highest BCUT2D eigenvalue weighted by Crippen LogP contribution is 2.48. The third kappa shape index (κ3) is 1.76. The second kappa shape index (κ2) is 3.57. The summed E-state index contributed by atoms with van der Waals surface area (Å²) in [7, 11) is 2.12. The van der Waals surface area contributed by atoms with Gasteiger partial charge in [0.05, 0.1) is 12.0 Å². The van der Waals surface area contributed by atoms with E-state index in [1.807, 2.05) is 17.5 Å². The Hall–Kier alpha value is -0.870. The van der Waals surface area contributed by atoms with Gasteiger partial charge >= 0.3 is 0 Å². The van der Waals surface area contributed by atoms with Crippen molar-refractivity contribution in [3.05, 3.63) is 22.4 Å². The summed E-state index contributed by atoms with van der Waals surface area (Å²) < 4.78 is 0. The molecular formula is C12H16N2OS. The van der Waals surface area contributed by atoms with E-state index < -0.39 is 0 Å². The van der Waals surface area contributed by atoms with Crippen molar-refractivity contribution in [2.45, 2.75) is 18.4 Å². The third-order valence-electron chi connectivity index (χ3n) is 3.62. The number of hydrogen-bond acceptors (Lipinski definition) is 3. The molecule has 16 heavy (non-hydrogen) atoms. The van der Waals surface area contributed by atoms with E-state index in [2.05, 4.69) is 17.3 Å². The molecule has 1 aliphatic carbocycles. The molecule has 2 aliphatic rings. The highest BCUT2D eigenvalue weighted by Gasteiger charge is 2.59. The zero-order chi connectivity index (χ0) is 11.2. The van der Waals surface area contributed by atoms with Crippen LogP contribution >= 0.6 is 11.3 Å². The maximum atomic E-state index is 11.9. The number of nitrogens with one attached hydrogen (secondary N) is 1. The fraction of sp³-hybridized carbons (Fsp3) is 0.583. The summed E-state index contributed by atoms with van der Waals surface area (Å²) in [5, 5.41) is 5.24. The molecule has 1 N–H and O–H groups in total. The molecule has 2 fully saturated rings. The number of carbonyl (C=O) groups is 1. The van der Waals surface area contributed by atoms with Gasteiger partial charge in [0.25, 0.3) is 0 Å². The molecule has 1 aromatic heterocycles. The second-order valence-electron chi connectivity index (χ2n) is 5.06. The number of thiophene rings is 1. The molecule has 2 heterocycles. The van der Waals surface area contributed by atoms with E-state index in [0.29, 0.717) is 12.3 Å². The van der Waals surface area contributed by atoms with Gasteiger partial charge in [-0.3, -0.25) is 4.79 Å². The number of likely N-dealkylation sites (tertiary alicyclic amines) is 1. The van der Waals surface area contributed by atoms with Crippen LogP contribution in [0.2, 0.25) is 0 Å². The van der Waals surface area contributed by atoms with Gasteiger partial charge in [0, 0.05) is 18.0 Å². The van der Waals surface area contributed by atoms with Crippen LogP contribution in [0.4, 0.5) is 0 Å². The number of likely N-dealkylation sites (N-methyl/N-ethyl adjacent to an activating group) is 1. The highest BCUT2D eigenvalue weighted by atomic mass is 32.1. The molecule has 1 aliphatic heterocycles. The van der Waals surface area contributed by atoms with E-state index in [1.54, 1.807) is 11.3 Å². The molecule has 1 amide bonds. The van der Waals surface area contributed by atoms with Crippen LogP contribution in [-0.4, -0.2) is 36.5 Å². The van der Waals surface area contributed by atoms with Crippen LogP contribution in [-0.2, 0) is 11.2 Å². The van der Waals surface area contributed by atoms with Gasteiger partial charge in [-0.15, -0.1) is 11.3 Å². The summed E-state index contributed by atoms with van der Waals surface area (Å²) in [6.07, 6.45) is 1.71. The number of nitrogens with zero attached hydrogens (tertiary/aromatic N) is 1. The summed E-state index contributed by atoms with van der Waals surface area (Å²) in [6.45, 7) is 2.16. The minimum atomic E-state index is 0.128. The molecule has 1 saturated heterocycles. The van der Waals surface area contributed by atoms with Gasteiger partial charge in [0.2, 0.25) is 5.91 Å². The number of rotatable bonds is 3. The van der Waals surface area contributed by atoms with Crippen molar-refractivity contribution >= 4 is 17.2 Å². The van der Waals surface area contributed by atoms with Gasteiger partial charge in [-0.2, -0.15) is 0 Å². The Balaban J connectivity index is 1.58. The van der Waals surface area contributed by atoms with Crippen molar-refractivity contribution < 1.29 is 4.79 Å². The summed E-state index contributed by atoms with van der Waals surface area (Å²) in [4.78, 5) is 15.3. The first-order valence-electron chi connectivity index (χ1n) is 5.70. The Morgan fingerprint density at radius 1 is 1.75 bits per heavy atom. The van der Waals surface area contributed by atoms with Crippen molar-refractivity contribution in [2.24, 2.45) is 5.92 Å². The van der Waals surface area contributed by atoms with Gasteiger partial charge in [-0.25, -0.2) is 0 Å². The van der Waals surface area contributed by atoms with E-state index in [-0.39, 0.29) is 11.4 Å². The molecule has 0 unspecified atom stereocenters. The summed E-state index contributed by atoms with van der Waals surface area (Å²) in [5.41, 5.74) is 0.128. The standard InChI is InChI=1S/C12H16N2OS/c1-14-7-9-6-12(9,8-14)13-11(15)5-10-3-2-4-16-10/h2-4,9H,5-8H2,1H3,(H,13,15)/t9-,12-/m0/s1. The lowest BCUT2D eigenvalue weighted by atomic mass is 10.2. The van der Waals surface area contributed by atoms with Gasteiger partial charge in [0.1, 0.15) is 0 Å². The molecule has 1 aromatic rings. The molecule has 2 atom stereocenters. The summed E-state index contributed by atoms with van der Waals surface area (Å²) >= 11 is 1.65. The van der Waals surface area contributed by atoms with E-state index >= 15 is 0 Å². The van der Waals surface area contributed by atoms with Crippen LogP contribution in [0.5, 0.6) is 0 Å². The van der Waals surface area contributed by atoms with Crippen molar-refractivity contribution in [2.75, 3.05) is 20.1 Å². The monoisotopic (exact) mass is 236 g/mol. The maximum Gasteiger partial charge on any atom is 0.225 e. The fourth-order valence-electron chi connectivity index (χ4n) is 2.82. The average molecular weight is 236 g/mol. The highest BCUT2D eigenvalue weighted by molar-refractivity contribution is 7.10. The maximum absolute atomic E-state index is 11.9. The lowest BCUT2D eigenvalue weighted by Crippen LogP contribution is -2.42. The minimum absolute atomic E-state index is 0.128. The third-order valence-corrected chi connectivity index (χ3v) is 4.50. The Kier molecular flexibility index (Phi) is 2.30. The van der Waals surface area contributed by atoms with Gasteiger partial charge in [0.15, 0.2) is 0 Å². The molecule has 3 nitrogen and oxygen atoms in total. The molecule has 1 saturated carbocycles. The Labute approximate surface area is 99.5 Å². The van der Waals surface area contributed by atoms with Crippen molar-refractivity contribution in [1.29, 1.82) is 0 Å². The molecule has 86 valence electrons. The number of piperidine rings is 1. The molecule has 0 radical (unpaired) electrons. The lowest BCUT2D eigenvalue weighted by molar-refractivity contribution is -0.121. The summed E-state index contributed by atoms with van der Waals surface area (Å²) in [6, 6.07) is 4.02. The molecule has 4 heteroatoms. The van der Waals surface area contributed by atoms with Crippen LogP contribution in [0.15, 0.2) is 17.5 Å². The van der Waals surface area contributed by atoms with Crippen LogP contribution in [0.25, 0.3) is 0 Å². The predicted molar refractivity (Wildman–Crippen MR) is 64.5 cm³/mol. The lowest BCUT2D eigenvalue weighted by Gasteiger charge is -2.17. The van der Waals surface area contributed by atoms with Crippen molar-refractivity contribution in [3.63, 3.8) is 0 Å². The van der Waals surface area contributed by atoms with Crippen LogP contribution in [0, 0.1) is 5.92 Å². The zero-order valence-electron chi connectivity index (χ0n) is 9.40. The molecule has 0 bridgehead atoms. The quantitative estimate of drug-likeness (QED) is 0.852. The largest absolute Gasteiger partial charge is 0.349 e. The first kappa shape index (κ1) is 10.3. The first-order chi connectivity index (χ1) is 7.68. The zero-order valence-corrected chi connectivity index (χ0v) is 10.2. The fourth-order valence-corrected chi connectivity index (χ4v) is 3.53. The van der Waals surface area contributed by atoms with Crippen LogP contribution in [0.3, 0.4) is 0 Å². The molecule has 0 spiro atoms. The first-order valence-corrected chi connectivity index (χ1v) is 6.58. The molecular weight excluding hydrogens is 220 g/mol. The predicted octanol–water partition coefficient (Wildman–Crippen LogP) is 1.11. The van der Waals surface area contributed by atoms with Crippen LogP contribution in [0.1, 0.15) is 11.3 Å². The normalized spacial score (nSPS) is 32.4. The summed E-state index contributed by atoms with van der Waals surface area (Å²) in [5.74, 6) is 0.880.